The average Bonchev–Trinajstić information content (AvgIpc) is 3.32. The smallest absolute Gasteiger partial charge is 0.107 e. The lowest BCUT2D eigenvalue weighted by Gasteiger charge is -2.09. The molecule has 0 radical (unpaired) electrons. The maximum Gasteiger partial charge on any atom is 0.107 e. The van der Waals surface area contributed by atoms with Gasteiger partial charge in [0.2, 0.25) is 0 Å². The SMILES string of the molecule is C#CCOCCOCCOCCOCCOCCOCCOCCOCCOCCOCCOCCOCCOCCOCCOCCOCCOCCOCCOCCOCCOCCOCCOCCOCCOCCOCCOCCOCCOCCOCCOCCOCCOCCOCCOCCOCCOC. The van der Waals surface area contributed by atoms with Crippen molar-refractivity contribution < 1.29 is 175 Å². The van der Waals surface area contributed by atoms with E-state index in [9.17, 15) is 0 Å². The van der Waals surface area contributed by atoms with Gasteiger partial charge in [-0.3, -0.25) is 0 Å². The maximum atomic E-state index is 5.55. The topological polar surface area (TPSA) is 342 Å². The fourth-order valence-electron chi connectivity index (χ4n) is 7.97. The predicted molar refractivity (Wildman–Crippen MR) is 410 cm³/mol. The summed E-state index contributed by atoms with van der Waals surface area (Å²) in [6.45, 7) is 35.5. The van der Waals surface area contributed by atoms with Crippen molar-refractivity contribution in [1.82, 2.24) is 0 Å². The molecule has 0 aromatic rings. The van der Waals surface area contributed by atoms with E-state index in [1.807, 2.05) is 0 Å². The Morgan fingerprint density at radius 2 is 0.168 bits per heavy atom. The molecule has 0 aromatic heterocycles. The Balaban J connectivity index is 3.10. The summed E-state index contributed by atoms with van der Waals surface area (Å²) in [6, 6.07) is 0. The van der Waals surface area contributed by atoms with Crippen LogP contribution in [0.4, 0.5) is 0 Å². The van der Waals surface area contributed by atoms with E-state index in [-0.39, 0.29) is 0 Å². The second-order valence-electron chi connectivity index (χ2n) is 22.7. The molecule has 0 rings (SSSR count). The van der Waals surface area contributed by atoms with E-state index >= 15 is 0 Å². The van der Waals surface area contributed by atoms with Crippen LogP contribution in [0, 0.1) is 12.3 Å². The molecule has 0 saturated heterocycles. The minimum Gasteiger partial charge on any atom is -0.382 e. The molecule has 113 heavy (non-hydrogen) atoms. The predicted octanol–water partition coefficient (Wildman–Crippen LogP) is 0.864. The molecule has 0 bridgehead atoms. The fraction of sp³-hybridized carbons (Fsp3) is 0.974. The highest BCUT2D eigenvalue weighted by molar-refractivity contribution is 4.82. The average molecular weight is 1660 g/mol. The van der Waals surface area contributed by atoms with Crippen LogP contribution in [-0.4, -0.2) is 489 Å². The molecule has 37 nitrogen and oxygen atoms in total. The lowest BCUT2D eigenvalue weighted by molar-refractivity contribution is -0.0327. The van der Waals surface area contributed by atoms with Gasteiger partial charge >= 0.3 is 0 Å². The third kappa shape index (κ3) is 110. The third-order valence-corrected chi connectivity index (χ3v) is 13.6. The van der Waals surface area contributed by atoms with Crippen LogP contribution < -0.4 is 0 Å². The van der Waals surface area contributed by atoms with Gasteiger partial charge in [0.1, 0.15) is 6.61 Å². The number of rotatable bonds is 109. The Morgan fingerprint density at radius 3 is 0.230 bits per heavy atom. The van der Waals surface area contributed by atoms with Gasteiger partial charge in [-0.15, -0.1) is 6.42 Å². The van der Waals surface area contributed by atoms with Gasteiger partial charge in [0.05, 0.1) is 476 Å². The van der Waals surface area contributed by atoms with Gasteiger partial charge < -0.3 is 175 Å². The van der Waals surface area contributed by atoms with E-state index in [2.05, 4.69) is 5.92 Å². The molecule has 0 unspecified atom stereocenters. The zero-order valence-corrected chi connectivity index (χ0v) is 68.8. The molecular weight excluding hydrogens is 1500 g/mol. The van der Waals surface area contributed by atoms with Crippen LogP contribution in [0.1, 0.15) is 0 Å². The van der Waals surface area contributed by atoms with Crippen LogP contribution in [0.3, 0.4) is 0 Å². The van der Waals surface area contributed by atoms with Gasteiger partial charge in [0.15, 0.2) is 0 Å². The maximum absolute atomic E-state index is 5.55. The van der Waals surface area contributed by atoms with E-state index in [0.29, 0.717) is 482 Å². The van der Waals surface area contributed by atoms with E-state index in [1.54, 1.807) is 7.11 Å². The van der Waals surface area contributed by atoms with Crippen molar-refractivity contribution in [3.05, 3.63) is 0 Å². The molecule has 0 amide bonds. The molecule has 0 saturated carbocycles. The van der Waals surface area contributed by atoms with E-state index in [4.69, 9.17) is 182 Å². The van der Waals surface area contributed by atoms with Crippen molar-refractivity contribution in [2.24, 2.45) is 0 Å². The monoisotopic (exact) mass is 1650 g/mol. The highest BCUT2D eigenvalue weighted by Gasteiger charge is 2.04. The summed E-state index contributed by atoms with van der Waals surface area (Å²) >= 11 is 0. The minimum absolute atomic E-state index is 0.297. The van der Waals surface area contributed by atoms with Gasteiger partial charge in [-0.1, -0.05) is 5.92 Å². The normalized spacial score (nSPS) is 11.8. The summed E-state index contributed by atoms with van der Waals surface area (Å²) in [7, 11) is 1.64. The van der Waals surface area contributed by atoms with Crippen molar-refractivity contribution in [2.45, 2.75) is 0 Å². The summed E-state index contributed by atoms with van der Waals surface area (Å²) in [5.74, 6) is 2.40. The number of hydrogen-bond acceptors (Lipinski definition) is 37. The first-order chi connectivity index (χ1) is 56.4. The van der Waals surface area contributed by atoms with E-state index in [0.717, 1.165) is 0 Å². The standard InChI is InChI=1S/C76H150O37/c1-3-4-78-7-8-80-11-12-82-15-16-84-19-20-86-23-24-88-27-28-90-31-32-92-35-36-94-39-40-96-43-44-98-47-48-100-51-52-102-55-56-104-59-60-106-63-64-108-67-68-110-71-72-112-75-76-113-74-73-111-70-69-109-66-65-107-62-61-105-58-57-103-54-53-101-50-49-99-46-45-97-42-41-95-38-37-93-34-33-91-30-29-89-26-25-87-22-21-85-18-17-83-14-13-81-10-9-79-6-5-77-2/h1H,4-76H2,2H3. The Kier molecular flexibility index (Phi) is 108. The zero-order valence-electron chi connectivity index (χ0n) is 68.8. The minimum atomic E-state index is 0.297. The zero-order chi connectivity index (χ0) is 80.5. The molecule has 0 aliphatic heterocycles. The van der Waals surface area contributed by atoms with Crippen LogP contribution in [0.5, 0.6) is 0 Å². The van der Waals surface area contributed by atoms with Crippen molar-refractivity contribution in [3.8, 4) is 12.3 Å². The molecule has 0 aliphatic rings. The Labute approximate surface area is 674 Å². The van der Waals surface area contributed by atoms with Gasteiger partial charge in [-0.25, -0.2) is 0 Å². The highest BCUT2D eigenvalue weighted by atomic mass is 16.6. The Morgan fingerprint density at radius 1 is 0.106 bits per heavy atom. The first-order valence-corrected chi connectivity index (χ1v) is 40.1. The molecule has 0 aliphatic carbocycles. The Bertz CT molecular complexity index is 1650. The highest BCUT2D eigenvalue weighted by Crippen LogP contribution is 1.95. The van der Waals surface area contributed by atoms with Gasteiger partial charge in [-0.2, -0.15) is 0 Å². The molecular formula is C76H150O37. The second-order valence-corrected chi connectivity index (χ2v) is 22.7. The molecule has 37 heteroatoms. The lowest BCUT2D eigenvalue weighted by atomic mass is 10.6. The summed E-state index contributed by atoms with van der Waals surface area (Å²) in [6.07, 6.45) is 5.10. The lowest BCUT2D eigenvalue weighted by Crippen LogP contribution is -2.16. The van der Waals surface area contributed by atoms with Crippen molar-refractivity contribution >= 4 is 0 Å². The summed E-state index contributed by atoms with van der Waals surface area (Å²) < 4.78 is 203. The van der Waals surface area contributed by atoms with Crippen LogP contribution >= 0.6 is 0 Å². The van der Waals surface area contributed by atoms with Crippen LogP contribution in [0.15, 0.2) is 0 Å². The van der Waals surface area contributed by atoms with Crippen molar-refractivity contribution in [1.29, 1.82) is 0 Å². The van der Waals surface area contributed by atoms with Gasteiger partial charge in [0.25, 0.3) is 0 Å². The fourth-order valence-corrected chi connectivity index (χ4v) is 7.97. The molecule has 0 N–H and O–H groups in total. The van der Waals surface area contributed by atoms with Gasteiger partial charge in [0, 0.05) is 7.11 Å². The Hall–Kier alpha value is -1.92. The summed E-state index contributed by atoms with van der Waals surface area (Å²) in [4.78, 5) is 0. The number of ether oxygens (including phenoxy) is 37. The number of hydrogen-bond donors (Lipinski definition) is 0. The molecule has 0 spiro atoms. The summed E-state index contributed by atoms with van der Waals surface area (Å²) in [5.41, 5.74) is 0. The molecule has 0 fully saturated rings. The third-order valence-electron chi connectivity index (χ3n) is 13.6. The quantitative estimate of drug-likeness (QED) is 0.0602. The van der Waals surface area contributed by atoms with E-state index < -0.39 is 0 Å². The van der Waals surface area contributed by atoms with Gasteiger partial charge in [-0.05, 0) is 0 Å². The molecule has 0 heterocycles. The van der Waals surface area contributed by atoms with E-state index in [1.165, 1.54) is 0 Å². The summed E-state index contributed by atoms with van der Waals surface area (Å²) in [5, 5.41) is 0. The van der Waals surface area contributed by atoms with Crippen molar-refractivity contribution in [2.75, 3.05) is 489 Å². The molecule has 676 valence electrons. The largest absolute Gasteiger partial charge is 0.382 e. The first-order valence-electron chi connectivity index (χ1n) is 40.1. The number of terminal acetylenes is 1. The van der Waals surface area contributed by atoms with Crippen LogP contribution in [-0.2, 0) is 175 Å². The molecule has 0 aromatic carbocycles. The van der Waals surface area contributed by atoms with Crippen molar-refractivity contribution in [3.63, 3.8) is 0 Å². The first kappa shape index (κ1) is 111. The van der Waals surface area contributed by atoms with Crippen LogP contribution in [0.2, 0.25) is 0 Å². The molecule has 0 atom stereocenters. The second kappa shape index (κ2) is 110. The number of methoxy groups -OCH3 is 1. The van der Waals surface area contributed by atoms with Crippen LogP contribution in [0.25, 0.3) is 0 Å².